The zero-order valence-electron chi connectivity index (χ0n) is 8.72. The number of rotatable bonds is 5. The predicted octanol–water partition coefficient (Wildman–Crippen LogP) is 1.76. The van der Waals surface area contributed by atoms with Gasteiger partial charge in [0.2, 0.25) is 5.91 Å². The van der Waals surface area contributed by atoms with Gasteiger partial charge in [0.05, 0.1) is 0 Å². The van der Waals surface area contributed by atoms with Crippen LogP contribution in [0.15, 0.2) is 24.3 Å². The minimum Gasteiger partial charge on any atom is -0.385 e. The van der Waals surface area contributed by atoms with E-state index >= 15 is 0 Å². The highest BCUT2D eigenvalue weighted by Gasteiger charge is 1.97. The molecule has 0 atom stereocenters. The Morgan fingerprint density at radius 3 is 2.60 bits per heavy atom. The second kappa shape index (κ2) is 6.01. The lowest BCUT2D eigenvalue weighted by molar-refractivity contribution is -0.120. The third-order valence-corrected chi connectivity index (χ3v) is 2.03. The molecule has 1 aromatic rings. The van der Waals surface area contributed by atoms with Gasteiger partial charge in [0.1, 0.15) is 5.82 Å². The van der Waals surface area contributed by atoms with Crippen molar-refractivity contribution in [1.82, 2.24) is 5.32 Å². The third-order valence-electron chi connectivity index (χ3n) is 2.03. The number of amides is 1. The van der Waals surface area contributed by atoms with Gasteiger partial charge < -0.3 is 10.6 Å². The Morgan fingerprint density at radius 2 is 2.00 bits per heavy atom. The molecule has 2 N–H and O–H groups in total. The van der Waals surface area contributed by atoms with Crippen LogP contribution in [0.25, 0.3) is 0 Å². The molecular weight excluding hydrogens is 195 g/mol. The molecule has 0 fully saturated rings. The van der Waals surface area contributed by atoms with Crippen molar-refractivity contribution >= 4 is 11.6 Å². The van der Waals surface area contributed by atoms with Gasteiger partial charge in [0.25, 0.3) is 0 Å². The highest BCUT2D eigenvalue weighted by molar-refractivity contribution is 5.75. The van der Waals surface area contributed by atoms with Crippen molar-refractivity contribution in [2.45, 2.75) is 12.8 Å². The summed E-state index contributed by atoms with van der Waals surface area (Å²) < 4.78 is 12.5. The molecule has 0 saturated carbocycles. The Hall–Kier alpha value is -1.58. The fourth-order valence-electron chi connectivity index (χ4n) is 1.17. The number of carbonyl (C=O) groups is 1. The number of nitrogens with one attached hydrogen (secondary N) is 2. The highest BCUT2D eigenvalue weighted by Crippen LogP contribution is 2.08. The van der Waals surface area contributed by atoms with Gasteiger partial charge in [-0.1, -0.05) is 0 Å². The molecule has 15 heavy (non-hydrogen) atoms. The highest BCUT2D eigenvalue weighted by atomic mass is 19.1. The largest absolute Gasteiger partial charge is 0.385 e. The Bertz CT molecular complexity index is 311. The number of hydrogen-bond acceptors (Lipinski definition) is 2. The number of carbonyl (C=O) groups excluding carboxylic acids is 1. The minimum absolute atomic E-state index is 0.0379. The summed E-state index contributed by atoms with van der Waals surface area (Å²) in [6.07, 6.45) is 1.27. The molecular formula is C11H15FN2O. The Morgan fingerprint density at radius 1 is 1.33 bits per heavy atom. The van der Waals surface area contributed by atoms with Crippen molar-refractivity contribution < 1.29 is 9.18 Å². The van der Waals surface area contributed by atoms with E-state index in [2.05, 4.69) is 10.6 Å². The van der Waals surface area contributed by atoms with Crippen molar-refractivity contribution in [1.29, 1.82) is 0 Å². The average Bonchev–Trinajstić information content (AvgIpc) is 2.26. The molecule has 82 valence electrons. The van der Waals surface area contributed by atoms with Crippen molar-refractivity contribution in [3.8, 4) is 0 Å². The molecule has 0 aliphatic rings. The topological polar surface area (TPSA) is 41.1 Å². The van der Waals surface area contributed by atoms with Crippen LogP contribution in [-0.2, 0) is 4.79 Å². The minimum atomic E-state index is -0.245. The van der Waals surface area contributed by atoms with Gasteiger partial charge in [-0.25, -0.2) is 4.39 Å². The Kier molecular flexibility index (Phi) is 4.60. The fraction of sp³-hybridized carbons (Fsp3) is 0.364. The van der Waals surface area contributed by atoms with Crippen molar-refractivity contribution in [3.05, 3.63) is 30.1 Å². The maximum atomic E-state index is 12.5. The van der Waals surface area contributed by atoms with Crippen LogP contribution in [0.5, 0.6) is 0 Å². The van der Waals surface area contributed by atoms with E-state index in [4.69, 9.17) is 0 Å². The van der Waals surface area contributed by atoms with Crippen LogP contribution in [0.1, 0.15) is 12.8 Å². The number of anilines is 1. The second-order valence-corrected chi connectivity index (χ2v) is 3.21. The van der Waals surface area contributed by atoms with Gasteiger partial charge >= 0.3 is 0 Å². The Balaban J connectivity index is 2.20. The number of benzene rings is 1. The first-order valence-electron chi connectivity index (χ1n) is 4.92. The van der Waals surface area contributed by atoms with Crippen LogP contribution >= 0.6 is 0 Å². The lowest BCUT2D eigenvalue weighted by Gasteiger charge is -2.05. The van der Waals surface area contributed by atoms with Crippen LogP contribution in [-0.4, -0.2) is 19.5 Å². The maximum Gasteiger partial charge on any atom is 0.219 e. The van der Waals surface area contributed by atoms with Gasteiger partial charge in [-0.15, -0.1) is 0 Å². The molecule has 0 spiro atoms. The number of hydrogen-bond donors (Lipinski definition) is 2. The summed E-state index contributed by atoms with van der Waals surface area (Å²) in [6, 6.07) is 6.16. The first kappa shape index (κ1) is 11.5. The maximum absolute atomic E-state index is 12.5. The lowest BCUT2D eigenvalue weighted by Crippen LogP contribution is -2.18. The molecule has 0 unspecified atom stereocenters. The summed E-state index contributed by atoms with van der Waals surface area (Å²) in [5, 5.41) is 5.66. The molecule has 4 heteroatoms. The van der Waals surface area contributed by atoms with E-state index in [1.807, 2.05) is 0 Å². The van der Waals surface area contributed by atoms with Crippen LogP contribution in [0.2, 0.25) is 0 Å². The summed E-state index contributed by atoms with van der Waals surface area (Å²) in [6.45, 7) is 0.707. The monoisotopic (exact) mass is 210 g/mol. The van der Waals surface area contributed by atoms with E-state index in [9.17, 15) is 9.18 Å². The van der Waals surface area contributed by atoms with Gasteiger partial charge in [0.15, 0.2) is 0 Å². The molecule has 0 aliphatic carbocycles. The molecule has 0 radical (unpaired) electrons. The SMILES string of the molecule is CNC(=O)CCCNc1ccc(F)cc1. The predicted molar refractivity (Wildman–Crippen MR) is 58.2 cm³/mol. The molecule has 0 aliphatic heterocycles. The normalized spacial score (nSPS) is 9.73. The quantitative estimate of drug-likeness (QED) is 0.727. The van der Waals surface area contributed by atoms with Crippen molar-refractivity contribution in [3.63, 3.8) is 0 Å². The van der Waals surface area contributed by atoms with Crippen molar-refractivity contribution in [2.75, 3.05) is 18.9 Å². The molecule has 0 heterocycles. The first-order valence-corrected chi connectivity index (χ1v) is 4.92. The molecule has 0 saturated heterocycles. The van der Waals surface area contributed by atoms with E-state index in [0.29, 0.717) is 13.0 Å². The summed E-state index contributed by atoms with van der Waals surface area (Å²) in [5.74, 6) is -0.207. The summed E-state index contributed by atoms with van der Waals surface area (Å²) in [4.78, 5) is 10.9. The van der Waals surface area contributed by atoms with E-state index < -0.39 is 0 Å². The van der Waals surface area contributed by atoms with E-state index in [0.717, 1.165) is 12.1 Å². The molecule has 1 rings (SSSR count). The molecule has 1 amide bonds. The van der Waals surface area contributed by atoms with Crippen LogP contribution in [0.4, 0.5) is 10.1 Å². The van der Waals surface area contributed by atoms with Gasteiger partial charge in [0, 0.05) is 25.7 Å². The second-order valence-electron chi connectivity index (χ2n) is 3.21. The molecule has 0 aromatic heterocycles. The fourth-order valence-corrected chi connectivity index (χ4v) is 1.17. The van der Waals surface area contributed by atoms with Crippen LogP contribution in [0.3, 0.4) is 0 Å². The van der Waals surface area contributed by atoms with Gasteiger partial charge in [-0.2, -0.15) is 0 Å². The van der Waals surface area contributed by atoms with E-state index in [1.165, 1.54) is 12.1 Å². The smallest absolute Gasteiger partial charge is 0.219 e. The lowest BCUT2D eigenvalue weighted by atomic mass is 10.2. The average molecular weight is 210 g/mol. The van der Waals surface area contributed by atoms with E-state index in [1.54, 1.807) is 19.2 Å². The zero-order valence-corrected chi connectivity index (χ0v) is 8.72. The van der Waals surface area contributed by atoms with Gasteiger partial charge in [-0.05, 0) is 30.7 Å². The molecule has 3 nitrogen and oxygen atoms in total. The van der Waals surface area contributed by atoms with Crippen LogP contribution in [0, 0.1) is 5.82 Å². The van der Waals surface area contributed by atoms with Crippen molar-refractivity contribution in [2.24, 2.45) is 0 Å². The third kappa shape index (κ3) is 4.44. The zero-order chi connectivity index (χ0) is 11.1. The van der Waals surface area contributed by atoms with Crippen LogP contribution < -0.4 is 10.6 Å². The standard InChI is InChI=1S/C11H15FN2O/c1-13-11(15)3-2-8-14-10-6-4-9(12)5-7-10/h4-7,14H,2-3,8H2,1H3,(H,13,15). The van der Waals surface area contributed by atoms with E-state index in [-0.39, 0.29) is 11.7 Å². The Labute approximate surface area is 88.7 Å². The molecule has 0 bridgehead atoms. The molecule has 1 aromatic carbocycles. The number of halogens is 1. The summed E-state index contributed by atoms with van der Waals surface area (Å²) in [7, 11) is 1.62. The summed E-state index contributed by atoms with van der Waals surface area (Å²) in [5.41, 5.74) is 0.869. The summed E-state index contributed by atoms with van der Waals surface area (Å²) >= 11 is 0. The first-order chi connectivity index (χ1) is 7.22. The van der Waals surface area contributed by atoms with Gasteiger partial charge in [-0.3, -0.25) is 4.79 Å².